The molecule has 0 aliphatic rings. The number of hydrogen-bond acceptors (Lipinski definition) is 4. The molecule has 37 heavy (non-hydrogen) atoms. The van der Waals surface area contributed by atoms with E-state index in [1.54, 1.807) is 14.2 Å². The molecule has 0 heterocycles. The molecule has 0 aliphatic carbocycles. The van der Waals surface area contributed by atoms with E-state index in [-0.39, 0.29) is 0 Å². The number of methoxy groups -OCH3 is 2. The maximum Gasteiger partial charge on any atom is 0.118 e. The fourth-order valence-corrected chi connectivity index (χ4v) is 5.39. The maximum atomic E-state index is 12.0. The van der Waals surface area contributed by atoms with Gasteiger partial charge in [-0.2, -0.15) is 0 Å². The number of ether oxygens (including phenoxy) is 2. The Morgan fingerprint density at radius 3 is 1.41 bits per heavy atom. The number of benzene rings is 3. The Labute approximate surface area is 223 Å². The molecule has 3 aromatic rings. The van der Waals surface area contributed by atoms with Gasteiger partial charge in [-0.3, -0.25) is 0 Å². The summed E-state index contributed by atoms with van der Waals surface area (Å²) in [6.07, 6.45) is 10.4. The first kappa shape index (κ1) is 28.7. The van der Waals surface area contributed by atoms with Gasteiger partial charge in [0, 0.05) is 6.61 Å². The van der Waals surface area contributed by atoms with Crippen LogP contribution in [-0.4, -0.2) is 37.1 Å². The average molecular weight is 505 g/mol. The summed E-state index contributed by atoms with van der Waals surface area (Å²) >= 11 is 0. The van der Waals surface area contributed by atoms with Gasteiger partial charge >= 0.3 is 0 Å². The van der Waals surface area contributed by atoms with Crippen LogP contribution in [0, 0.1) is 0 Å². The van der Waals surface area contributed by atoms with E-state index < -0.39 is 11.5 Å². The first-order chi connectivity index (χ1) is 18.2. The van der Waals surface area contributed by atoms with Crippen molar-refractivity contribution in [1.29, 1.82) is 0 Å². The Bertz CT molecular complexity index is 951. The third-order valence-electron chi connectivity index (χ3n) is 7.46. The Balaban J connectivity index is 1.82. The molecule has 4 nitrogen and oxygen atoms in total. The van der Waals surface area contributed by atoms with Crippen LogP contribution in [0.4, 0.5) is 0 Å². The van der Waals surface area contributed by atoms with Gasteiger partial charge in [0.15, 0.2) is 0 Å². The molecule has 0 saturated heterocycles. The van der Waals surface area contributed by atoms with Crippen molar-refractivity contribution in [2.75, 3.05) is 20.8 Å². The monoisotopic (exact) mass is 504 g/mol. The number of rotatable bonds is 17. The molecule has 3 rings (SSSR count). The molecule has 2 N–H and O–H groups in total. The van der Waals surface area contributed by atoms with Gasteiger partial charge in [-0.1, -0.05) is 106 Å². The average Bonchev–Trinajstić information content (AvgIpc) is 2.95. The van der Waals surface area contributed by atoms with Gasteiger partial charge in [0.05, 0.1) is 25.7 Å². The number of hydrogen-bond donors (Lipinski definition) is 2. The molecule has 1 atom stereocenters. The molecule has 0 bridgehead atoms. The molecule has 0 aromatic heterocycles. The van der Waals surface area contributed by atoms with Crippen molar-refractivity contribution in [2.24, 2.45) is 0 Å². The second-order valence-electron chi connectivity index (χ2n) is 9.84. The van der Waals surface area contributed by atoms with E-state index in [0.29, 0.717) is 13.0 Å². The van der Waals surface area contributed by atoms with Crippen LogP contribution in [0.1, 0.15) is 80.9 Å². The Hall–Kier alpha value is -2.82. The van der Waals surface area contributed by atoms with Crippen molar-refractivity contribution in [1.82, 2.24) is 0 Å². The molecule has 0 amide bonds. The summed E-state index contributed by atoms with van der Waals surface area (Å²) in [6.45, 7) is 0.305. The second-order valence-corrected chi connectivity index (χ2v) is 9.84. The van der Waals surface area contributed by atoms with Crippen LogP contribution in [0.25, 0.3) is 0 Å². The predicted molar refractivity (Wildman–Crippen MR) is 152 cm³/mol. The van der Waals surface area contributed by atoms with Gasteiger partial charge in [-0.15, -0.1) is 0 Å². The molecular formula is C33H44O4. The van der Waals surface area contributed by atoms with Crippen LogP contribution in [0.15, 0.2) is 78.9 Å². The maximum absolute atomic E-state index is 12.0. The Morgan fingerprint density at radius 2 is 0.973 bits per heavy atom. The molecule has 0 fully saturated rings. The Morgan fingerprint density at radius 1 is 0.568 bits per heavy atom. The fraction of sp³-hybridized carbons (Fsp3) is 0.455. The van der Waals surface area contributed by atoms with Crippen LogP contribution in [0.3, 0.4) is 0 Å². The molecular weight excluding hydrogens is 460 g/mol. The largest absolute Gasteiger partial charge is 0.497 e. The van der Waals surface area contributed by atoms with Crippen LogP contribution < -0.4 is 9.47 Å². The number of aliphatic hydroxyl groups is 2. The molecule has 0 radical (unpaired) electrons. The van der Waals surface area contributed by atoms with Crippen molar-refractivity contribution in [3.8, 4) is 11.5 Å². The van der Waals surface area contributed by atoms with Gasteiger partial charge in [0.2, 0.25) is 0 Å². The van der Waals surface area contributed by atoms with E-state index in [4.69, 9.17) is 14.6 Å². The highest BCUT2D eigenvalue weighted by Gasteiger charge is 2.42. The molecule has 4 heteroatoms. The minimum absolute atomic E-state index is 0.305. The lowest BCUT2D eigenvalue weighted by atomic mass is 9.64. The van der Waals surface area contributed by atoms with E-state index in [2.05, 4.69) is 36.4 Å². The standard InChI is InChI=1S/C33H44O4/c1-36-30-22-18-28(19-23-30)33(27-15-11-10-12-16-27,29-20-24-31(37-2)25-21-29)32(35)17-13-8-6-4-3-5-7-9-14-26-34/h10-12,15-16,18-25,32,34-35H,3-9,13-14,17,26H2,1-2H3. The van der Waals surface area contributed by atoms with Crippen molar-refractivity contribution in [3.63, 3.8) is 0 Å². The van der Waals surface area contributed by atoms with Gasteiger partial charge in [-0.05, 0) is 53.8 Å². The fourth-order valence-electron chi connectivity index (χ4n) is 5.39. The second kappa shape index (κ2) is 15.4. The molecule has 0 saturated carbocycles. The van der Waals surface area contributed by atoms with Crippen molar-refractivity contribution in [3.05, 3.63) is 95.6 Å². The SMILES string of the molecule is COc1ccc(C(c2ccccc2)(c2ccc(OC)cc2)C(O)CCCCCCCCCCCO)cc1. The molecule has 0 spiro atoms. The molecule has 200 valence electrons. The van der Waals surface area contributed by atoms with Crippen molar-refractivity contribution in [2.45, 2.75) is 75.7 Å². The van der Waals surface area contributed by atoms with E-state index in [9.17, 15) is 5.11 Å². The number of aliphatic hydroxyl groups excluding tert-OH is 2. The molecule has 3 aromatic carbocycles. The summed E-state index contributed by atoms with van der Waals surface area (Å²) < 4.78 is 10.9. The van der Waals surface area contributed by atoms with Crippen LogP contribution in [0.5, 0.6) is 11.5 Å². The topological polar surface area (TPSA) is 58.9 Å². The van der Waals surface area contributed by atoms with Crippen LogP contribution in [-0.2, 0) is 5.41 Å². The van der Waals surface area contributed by atoms with Crippen LogP contribution in [0.2, 0.25) is 0 Å². The van der Waals surface area contributed by atoms with E-state index in [1.807, 2.05) is 42.5 Å². The van der Waals surface area contributed by atoms with Gasteiger partial charge < -0.3 is 19.7 Å². The lowest BCUT2D eigenvalue weighted by Crippen LogP contribution is -2.42. The zero-order valence-electron chi connectivity index (χ0n) is 22.6. The third kappa shape index (κ3) is 7.59. The summed E-state index contributed by atoms with van der Waals surface area (Å²) in [7, 11) is 3.35. The van der Waals surface area contributed by atoms with E-state index in [0.717, 1.165) is 53.9 Å². The van der Waals surface area contributed by atoms with E-state index in [1.165, 1.54) is 32.1 Å². The highest BCUT2D eigenvalue weighted by Crippen LogP contribution is 2.44. The minimum Gasteiger partial charge on any atom is -0.497 e. The van der Waals surface area contributed by atoms with Gasteiger partial charge in [-0.25, -0.2) is 0 Å². The summed E-state index contributed by atoms with van der Waals surface area (Å²) in [5.74, 6) is 1.59. The predicted octanol–water partition coefficient (Wildman–Crippen LogP) is 7.29. The normalized spacial score (nSPS) is 12.3. The highest BCUT2D eigenvalue weighted by molar-refractivity contribution is 5.53. The molecule has 1 unspecified atom stereocenters. The minimum atomic E-state index is -0.716. The van der Waals surface area contributed by atoms with Gasteiger partial charge in [0.25, 0.3) is 0 Å². The summed E-state index contributed by atoms with van der Waals surface area (Å²) in [6, 6.07) is 26.6. The first-order valence-electron chi connectivity index (χ1n) is 13.8. The highest BCUT2D eigenvalue weighted by atomic mass is 16.5. The van der Waals surface area contributed by atoms with E-state index >= 15 is 0 Å². The van der Waals surface area contributed by atoms with Gasteiger partial charge in [0.1, 0.15) is 11.5 Å². The lowest BCUT2D eigenvalue weighted by molar-refractivity contribution is 0.109. The third-order valence-corrected chi connectivity index (χ3v) is 7.46. The zero-order valence-corrected chi connectivity index (χ0v) is 22.6. The van der Waals surface area contributed by atoms with Crippen molar-refractivity contribution < 1.29 is 19.7 Å². The lowest BCUT2D eigenvalue weighted by Gasteiger charge is -2.40. The van der Waals surface area contributed by atoms with Crippen LogP contribution >= 0.6 is 0 Å². The quantitative estimate of drug-likeness (QED) is 0.150. The smallest absolute Gasteiger partial charge is 0.118 e. The Kier molecular flexibility index (Phi) is 12.0. The summed E-state index contributed by atoms with van der Waals surface area (Å²) in [5, 5.41) is 20.9. The first-order valence-corrected chi connectivity index (χ1v) is 13.8. The number of unbranched alkanes of at least 4 members (excludes halogenated alkanes) is 8. The zero-order chi connectivity index (χ0) is 26.3. The molecule has 0 aliphatic heterocycles. The summed E-state index contributed by atoms with van der Waals surface area (Å²) in [5.41, 5.74) is 2.44. The summed E-state index contributed by atoms with van der Waals surface area (Å²) in [4.78, 5) is 0. The van der Waals surface area contributed by atoms with Crippen molar-refractivity contribution >= 4 is 0 Å².